The molecular formula is C18H18F6N2O4. The summed E-state index contributed by atoms with van der Waals surface area (Å²) in [6.45, 7) is 0.684. The fourth-order valence-corrected chi connectivity index (χ4v) is 3.11. The third-order valence-corrected chi connectivity index (χ3v) is 4.61. The highest BCUT2D eigenvalue weighted by atomic mass is 19.4. The molecule has 1 N–H and O–H groups in total. The standard InChI is InChI=1S/C18H18F6N2O4/c1-17(2)13-14(21)9(18(22,23)24)5-10(20)15(13)26(16(17)29)7-11(27)25-6-8(19)4-12(28)30-3/h5,8H,4,6-7H2,1-3H3,(H,25,27)/t8-/m1/s1. The van der Waals surface area contributed by atoms with Gasteiger partial charge in [-0.25, -0.2) is 13.2 Å². The Kier molecular flexibility index (Phi) is 6.38. The number of benzene rings is 1. The summed E-state index contributed by atoms with van der Waals surface area (Å²) in [5.74, 6) is -6.18. The summed E-state index contributed by atoms with van der Waals surface area (Å²) < 4.78 is 86.0. The van der Waals surface area contributed by atoms with Crippen LogP contribution in [0.2, 0.25) is 0 Å². The first-order valence-electron chi connectivity index (χ1n) is 8.61. The molecule has 166 valence electrons. The molecule has 0 saturated carbocycles. The van der Waals surface area contributed by atoms with Gasteiger partial charge in [0.15, 0.2) is 0 Å². The maximum absolute atomic E-state index is 14.6. The largest absolute Gasteiger partial charge is 0.469 e. The molecule has 1 aliphatic heterocycles. The predicted molar refractivity (Wildman–Crippen MR) is 91.3 cm³/mol. The van der Waals surface area contributed by atoms with E-state index in [0.717, 1.165) is 21.0 Å². The highest BCUT2D eigenvalue weighted by Gasteiger charge is 2.51. The number of amides is 2. The Morgan fingerprint density at radius 2 is 1.87 bits per heavy atom. The normalized spacial score (nSPS) is 16.3. The third kappa shape index (κ3) is 4.36. The van der Waals surface area contributed by atoms with Gasteiger partial charge >= 0.3 is 12.1 Å². The number of nitrogens with zero attached hydrogens (tertiary/aromatic N) is 1. The predicted octanol–water partition coefficient (Wildman–Crippen LogP) is 2.63. The van der Waals surface area contributed by atoms with E-state index in [9.17, 15) is 40.7 Å². The molecule has 0 spiro atoms. The van der Waals surface area contributed by atoms with Crippen LogP contribution in [0.25, 0.3) is 0 Å². The lowest BCUT2D eigenvalue weighted by Crippen LogP contribution is -2.44. The monoisotopic (exact) mass is 440 g/mol. The molecule has 0 fully saturated rings. The minimum absolute atomic E-state index is 0.0816. The van der Waals surface area contributed by atoms with E-state index in [1.165, 1.54) is 0 Å². The van der Waals surface area contributed by atoms with Crippen molar-refractivity contribution in [1.29, 1.82) is 0 Å². The topological polar surface area (TPSA) is 75.7 Å². The number of hydrogen-bond acceptors (Lipinski definition) is 4. The minimum Gasteiger partial charge on any atom is -0.469 e. The van der Waals surface area contributed by atoms with Crippen molar-refractivity contribution in [3.63, 3.8) is 0 Å². The van der Waals surface area contributed by atoms with Crippen LogP contribution in [0, 0.1) is 11.6 Å². The van der Waals surface area contributed by atoms with Crippen molar-refractivity contribution >= 4 is 23.5 Å². The van der Waals surface area contributed by atoms with Gasteiger partial charge in [-0.3, -0.25) is 19.3 Å². The average molecular weight is 440 g/mol. The van der Waals surface area contributed by atoms with Crippen LogP contribution in [0.15, 0.2) is 6.07 Å². The van der Waals surface area contributed by atoms with Crippen LogP contribution < -0.4 is 10.2 Å². The number of nitrogens with one attached hydrogen (secondary N) is 1. The number of esters is 1. The third-order valence-electron chi connectivity index (χ3n) is 4.61. The molecule has 1 aliphatic rings. The van der Waals surface area contributed by atoms with Gasteiger partial charge in [0.05, 0.1) is 30.2 Å². The van der Waals surface area contributed by atoms with Gasteiger partial charge in [0, 0.05) is 12.1 Å². The fraction of sp³-hybridized carbons (Fsp3) is 0.500. The van der Waals surface area contributed by atoms with Gasteiger partial charge in [0.2, 0.25) is 11.8 Å². The van der Waals surface area contributed by atoms with E-state index in [4.69, 9.17) is 0 Å². The van der Waals surface area contributed by atoms with Crippen molar-refractivity contribution in [1.82, 2.24) is 5.32 Å². The van der Waals surface area contributed by atoms with Crippen molar-refractivity contribution in [2.75, 3.05) is 25.1 Å². The molecule has 0 unspecified atom stereocenters. The van der Waals surface area contributed by atoms with E-state index in [1.54, 1.807) is 0 Å². The molecule has 6 nitrogen and oxygen atoms in total. The smallest absolute Gasteiger partial charge is 0.419 e. The van der Waals surface area contributed by atoms with Gasteiger partial charge < -0.3 is 10.1 Å². The molecule has 1 heterocycles. The molecule has 1 aromatic rings. The number of ether oxygens (including phenoxy) is 1. The minimum atomic E-state index is -5.19. The van der Waals surface area contributed by atoms with E-state index in [2.05, 4.69) is 10.1 Å². The van der Waals surface area contributed by atoms with Crippen molar-refractivity contribution in [2.24, 2.45) is 0 Å². The lowest BCUT2D eigenvalue weighted by molar-refractivity contribution is -0.142. The summed E-state index contributed by atoms with van der Waals surface area (Å²) in [6.07, 6.45) is -7.64. The Morgan fingerprint density at radius 3 is 2.40 bits per heavy atom. The molecular weight excluding hydrogens is 422 g/mol. The van der Waals surface area contributed by atoms with E-state index in [1.807, 2.05) is 0 Å². The number of methoxy groups -OCH3 is 1. The summed E-state index contributed by atoms with van der Waals surface area (Å²) in [7, 11) is 1.05. The number of halogens is 6. The molecule has 30 heavy (non-hydrogen) atoms. The van der Waals surface area contributed by atoms with Crippen LogP contribution in [-0.4, -0.2) is 44.2 Å². The zero-order valence-corrected chi connectivity index (χ0v) is 16.1. The SMILES string of the molecule is COC(=O)C[C@@H](F)CNC(=O)CN1C(=O)C(C)(C)c2c(F)c(C(F)(F)F)cc(F)c21. The Hall–Kier alpha value is -2.79. The van der Waals surface area contributed by atoms with Gasteiger partial charge in [-0.1, -0.05) is 0 Å². The summed E-state index contributed by atoms with van der Waals surface area (Å²) >= 11 is 0. The highest BCUT2D eigenvalue weighted by Crippen LogP contribution is 2.47. The van der Waals surface area contributed by atoms with Gasteiger partial charge in [0.1, 0.15) is 24.4 Å². The van der Waals surface area contributed by atoms with Crippen LogP contribution in [0.3, 0.4) is 0 Å². The first-order valence-corrected chi connectivity index (χ1v) is 8.61. The zero-order chi connectivity index (χ0) is 23.0. The molecule has 0 aromatic heterocycles. The van der Waals surface area contributed by atoms with Crippen molar-refractivity contribution < 1.29 is 45.5 Å². The maximum atomic E-state index is 14.6. The van der Waals surface area contributed by atoms with Crippen LogP contribution in [-0.2, 0) is 30.7 Å². The van der Waals surface area contributed by atoms with Crippen molar-refractivity contribution in [3.05, 3.63) is 28.8 Å². The summed E-state index contributed by atoms with van der Waals surface area (Å²) in [4.78, 5) is 36.2. The van der Waals surface area contributed by atoms with Crippen LogP contribution in [0.1, 0.15) is 31.4 Å². The average Bonchev–Trinajstić information content (AvgIpc) is 2.83. The van der Waals surface area contributed by atoms with E-state index < -0.39 is 83.5 Å². The quantitative estimate of drug-likeness (QED) is 0.545. The Morgan fingerprint density at radius 1 is 1.27 bits per heavy atom. The molecule has 1 aromatic carbocycles. The van der Waals surface area contributed by atoms with E-state index >= 15 is 0 Å². The van der Waals surface area contributed by atoms with Crippen LogP contribution in [0.4, 0.5) is 32.0 Å². The maximum Gasteiger partial charge on any atom is 0.419 e. The summed E-state index contributed by atoms with van der Waals surface area (Å²) in [5, 5.41) is 2.08. The zero-order valence-electron chi connectivity index (χ0n) is 16.1. The number of rotatable bonds is 6. The van der Waals surface area contributed by atoms with Gasteiger partial charge in [-0.2, -0.15) is 13.2 Å². The van der Waals surface area contributed by atoms with Crippen LogP contribution >= 0.6 is 0 Å². The first-order chi connectivity index (χ1) is 13.7. The van der Waals surface area contributed by atoms with E-state index in [0.29, 0.717) is 4.90 Å². The molecule has 1 atom stereocenters. The van der Waals surface area contributed by atoms with Gasteiger partial charge in [-0.15, -0.1) is 0 Å². The molecule has 12 heteroatoms. The van der Waals surface area contributed by atoms with Crippen LogP contribution in [0.5, 0.6) is 0 Å². The molecule has 0 bridgehead atoms. The molecule has 0 radical (unpaired) electrons. The number of anilines is 1. The fourth-order valence-electron chi connectivity index (χ4n) is 3.11. The summed E-state index contributed by atoms with van der Waals surface area (Å²) in [5.41, 5.74) is -5.34. The van der Waals surface area contributed by atoms with Crippen molar-refractivity contribution in [3.8, 4) is 0 Å². The number of carbonyl (C=O) groups is 3. The van der Waals surface area contributed by atoms with E-state index in [-0.39, 0.29) is 6.07 Å². The first kappa shape index (κ1) is 23.5. The second kappa shape index (κ2) is 8.15. The molecule has 2 rings (SSSR count). The Bertz CT molecular complexity index is 884. The molecule has 2 amide bonds. The number of hydrogen-bond donors (Lipinski definition) is 1. The van der Waals surface area contributed by atoms with Crippen molar-refractivity contribution in [2.45, 2.75) is 38.0 Å². The second-order valence-electron chi connectivity index (χ2n) is 7.14. The van der Waals surface area contributed by atoms with Gasteiger partial charge in [-0.05, 0) is 19.9 Å². The second-order valence-corrected chi connectivity index (χ2v) is 7.14. The highest BCUT2D eigenvalue weighted by molar-refractivity contribution is 6.10. The lowest BCUT2D eigenvalue weighted by Gasteiger charge is -2.20. The molecule has 0 aliphatic carbocycles. The summed E-state index contributed by atoms with van der Waals surface area (Å²) in [6, 6.07) is -0.0816. The number of fused-ring (bicyclic) bond motifs is 1. The number of alkyl halides is 4. The number of carbonyl (C=O) groups excluding carboxylic acids is 3. The Balaban J connectivity index is 2.29. The molecule has 0 saturated heterocycles. The van der Waals surface area contributed by atoms with Gasteiger partial charge in [0.25, 0.3) is 0 Å². The Labute approximate surface area is 167 Å². The lowest BCUT2D eigenvalue weighted by atomic mass is 9.84.